The lowest BCUT2D eigenvalue weighted by atomic mass is 10.0. The first-order valence-corrected chi connectivity index (χ1v) is 42.8. The van der Waals surface area contributed by atoms with Crippen molar-refractivity contribution in [1.29, 1.82) is 0 Å². The van der Waals surface area contributed by atoms with Crippen molar-refractivity contribution in [3.05, 3.63) is 280 Å². The zero-order chi connectivity index (χ0) is 90.1. The van der Waals surface area contributed by atoms with Gasteiger partial charge in [0, 0.05) is 126 Å². The number of pyridine rings is 4. The number of benzene rings is 3. The number of amides is 3. The van der Waals surface area contributed by atoms with Gasteiger partial charge in [-0.15, -0.1) is 0 Å². The third kappa shape index (κ3) is 15.8. The SMILES string of the molecule is COc1ncc(-c2nc3c(n2C(C)C)C(c2ccc(Cl)cc2)N(c2cc(Cl)cn4ccnc24)C3=O)c(OC)n1.COc1ncc(-c2nc3c(n2C(C)C)[C@@H](c2ccc(Cl)cc2)N(c2cc(Cl)cn4ccnc24)C3=O)c(OC)n1.COc1ncc(-c2nc3c(n2C(C)C)[C@H](c2ccc(Cl)cc2)N(c2cc(Cl)cn4ccnc24)C3=O)c(OC)n1.Clc1cc(Br)c2nccn2c1. The maximum Gasteiger partial charge on any atom is 0.319 e. The molecule has 40 heteroatoms. The third-order valence-corrected chi connectivity index (χ3v) is 23.5. The zero-order valence-electron chi connectivity index (χ0n) is 69.8. The smallest absolute Gasteiger partial charge is 0.319 e. The second-order valence-electron chi connectivity index (χ2n) is 29.9. The molecule has 32 nitrogen and oxygen atoms in total. The van der Waals surface area contributed by atoms with Crippen LogP contribution in [0.3, 0.4) is 0 Å². The molecule has 650 valence electrons. The van der Waals surface area contributed by atoms with Crippen LogP contribution in [0, 0.1) is 0 Å². The monoisotopic (exact) mass is 1920 g/mol. The van der Waals surface area contributed by atoms with Crippen LogP contribution in [0.5, 0.6) is 35.7 Å². The molecular formula is C88H73BrCl7N23O9. The summed E-state index contributed by atoms with van der Waals surface area (Å²) >= 11 is 47.4. The minimum absolute atomic E-state index is 0.0867. The average Bonchev–Trinajstić information content (AvgIpc) is 1.56. The van der Waals surface area contributed by atoms with Gasteiger partial charge in [-0.05, 0) is 135 Å². The Morgan fingerprint density at radius 3 is 0.844 bits per heavy atom. The van der Waals surface area contributed by atoms with Gasteiger partial charge in [0.05, 0.1) is 118 Å². The molecule has 0 aliphatic carbocycles. The van der Waals surface area contributed by atoms with E-state index in [2.05, 4.69) is 65.8 Å². The molecule has 0 N–H and O–H groups in total. The van der Waals surface area contributed by atoms with Crippen LogP contribution in [0.4, 0.5) is 17.1 Å². The Kier molecular flexibility index (Phi) is 24.3. The topological polar surface area (TPSA) is 316 Å². The normalized spacial score (nSPS) is 14.5. The fourth-order valence-electron chi connectivity index (χ4n) is 16.1. The fourth-order valence-corrected chi connectivity index (χ4v) is 18.0. The molecule has 3 aliphatic rings. The Hall–Kier alpha value is -13.0. The van der Waals surface area contributed by atoms with Crippen LogP contribution in [-0.4, -0.2) is 156 Å². The number of fused-ring (bicyclic) bond motifs is 7. The highest BCUT2D eigenvalue weighted by Gasteiger charge is 2.50. The minimum Gasteiger partial charge on any atom is -0.480 e. The number of hydrogen-bond donors (Lipinski definition) is 0. The molecule has 17 heterocycles. The van der Waals surface area contributed by atoms with Gasteiger partial charge in [0.1, 0.15) is 35.6 Å². The minimum atomic E-state index is -0.544. The van der Waals surface area contributed by atoms with Gasteiger partial charge in [-0.25, -0.2) is 49.8 Å². The molecule has 14 aromatic heterocycles. The van der Waals surface area contributed by atoms with Crippen molar-refractivity contribution in [3.8, 4) is 69.8 Å². The molecule has 3 aromatic carbocycles. The summed E-state index contributed by atoms with van der Waals surface area (Å²) in [5, 5.41) is 3.87. The van der Waals surface area contributed by atoms with Gasteiger partial charge >= 0.3 is 18.0 Å². The lowest BCUT2D eigenvalue weighted by molar-refractivity contribution is 0.0982. The van der Waals surface area contributed by atoms with E-state index in [1.54, 1.807) is 163 Å². The van der Waals surface area contributed by atoms with Crippen LogP contribution in [0.15, 0.2) is 194 Å². The fraction of sp³-hybridized carbons (Fsp3) is 0.205. The van der Waals surface area contributed by atoms with Crippen LogP contribution < -0.4 is 43.1 Å². The number of carbonyl (C=O) groups is 3. The number of anilines is 3. The van der Waals surface area contributed by atoms with Gasteiger partial charge in [0.25, 0.3) is 17.7 Å². The number of aromatic nitrogens is 20. The number of ether oxygens (including phenoxy) is 6. The number of methoxy groups -OCH3 is 6. The number of carbonyl (C=O) groups excluding carboxylic acids is 3. The van der Waals surface area contributed by atoms with Gasteiger partial charge in [-0.3, -0.25) is 29.1 Å². The summed E-state index contributed by atoms with van der Waals surface area (Å²) in [4.78, 5) is 106. The first-order valence-electron chi connectivity index (χ1n) is 39.4. The molecule has 3 atom stereocenters. The molecule has 0 saturated heterocycles. The van der Waals surface area contributed by atoms with E-state index in [-0.39, 0.29) is 71.5 Å². The van der Waals surface area contributed by atoms with Crippen molar-refractivity contribution in [3.63, 3.8) is 0 Å². The lowest BCUT2D eigenvalue weighted by Crippen LogP contribution is -2.31. The number of imidazole rings is 7. The maximum atomic E-state index is 14.3. The predicted octanol–water partition coefficient (Wildman–Crippen LogP) is 19.7. The maximum absolute atomic E-state index is 14.3. The lowest BCUT2D eigenvalue weighted by Gasteiger charge is -2.28. The Labute approximate surface area is 773 Å². The number of hydrogen-bond acceptors (Lipinski definition) is 22. The summed E-state index contributed by atoms with van der Waals surface area (Å²) in [6.45, 7) is 12.2. The van der Waals surface area contributed by atoms with E-state index >= 15 is 0 Å². The standard InChI is InChI=1S/3C27H23Cl2N7O3.C7H4BrClN2/c3*1-14(2)35-22-20(32-23(35)18-12-31-27(39-4)33-25(18)38-3)26(37)36(21(22)15-5-7-16(28)8-6-15)19-11-17(29)13-34-10-9-30-24(19)34;8-6-3-5(9)4-11-2-1-10-7(6)11/h3*5-14,21H,1-4H3;1-4H/t2*21-;;/m10../s1. The van der Waals surface area contributed by atoms with E-state index in [0.29, 0.717) is 120 Å². The number of nitrogens with zero attached hydrogens (tertiary/aromatic N) is 23. The first kappa shape index (κ1) is 87.1. The van der Waals surface area contributed by atoms with Gasteiger partial charge < -0.3 is 59.7 Å². The molecule has 0 bridgehead atoms. The number of rotatable bonds is 18. The summed E-state index contributed by atoms with van der Waals surface area (Å²) in [6, 6.07) is 27.9. The molecular weight excluding hydrogens is 1850 g/mol. The van der Waals surface area contributed by atoms with E-state index in [1.807, 2.05) is 115 Å². The average molecular weight is 1920 g/mol. The highest BCUT2D eigenvalue weighted by Crippen LogP contribution is 2.52. The Morgan fingerprint density at radius 1 is 0.328 bits per heavy atom. The largest absolute Gasteiger partial charge is 0.480 e. The molecule has 1 unspecified atom stereocenters. The third-order valence-electron chi connectivity index (χ3n) is 21.3. The molecule has 0 fully saturated rings. The zero-order valence-corrected chi connectivity index (χ0v) is 76.7. The van der Waals surface area contributed by atoms with Gasteiger partial charge in [-0.2, -0.15) is 15.0 Å². The van der Waals surface area contributed by atoms with E-state index in [4.69, 9.17) is 125 Å². The van der Waals surface area contributed by atoms with Crippen LogP contribution in [0.1, 0.15) is 143 Å². The van der Waals surface area contributed by atoms with E-state index in [9.17, 15) is 14.4 Å². The molecule has 0 spiro atoms. The van der Waals surface area contributed by atoms with E-state index in [0.717, 1.165) is 43.9 Å². The summed E-state index contributed by atoms with van der Waals surface area (Å²) in [5.41, 5.74) is 11.6. The summed E-state index contributed by atoms with van der Waals surface area (Å²) in [6.07, 6.45) is 25.8. The molecule has 17 aromatic rings. The highest BCUT2D eigenvalue weighted by molar-refractivity contribution is 9.10. The van der Waals surface area contributed by atoms with Crippen molar-refractivity contribution in [2.75, 3.05) is 57.4 Å². The van der Waals surface area contributed by atoms with Gasteiger partial charge in [-0.1, -0.05) is 118 Å². The summed E-state index contributed by atoms with van der Waals surface area (Å²) < 4.78 is 46.4. The van der Waals surface area contributed by atoms with Crippen molar-refractivity contribution < 1.29 is 42.8 Å². The summed E-state index contributed by atoms with van der Waals surface area (Å²) in [5.74, 6) is 1.54. The Balaban J connectivity index is 0.000000127. The molecule has 3 aliphatic heterocycles. The predicted molar refractivity (Wildman–Crippen MR) is 489 cm³/mol. The summed E-state index contributed by atoms with van der Waals surface area (Å²) in [7, 11) is 8.98. The molecule has 3 amide bonds. The van der Waals surface area contributed by atoms with Crippen molar-refractivity contribution in [2.45, 2.75) is 77.8 Å². The number of halogens is 8. The van der Waals surface area contributed by atoms with Crippen molar-refractivity contribution in [2.24, 2.45) is 0 Å². The van der Waals surface area contributed by atoms with Gasteiger partial charge in [0.15, 0.2) is 39.7 Å². The molecule has 128 heavy (non-hydrogen) atoms. The van der Waals surface area contributed by atoms with Crippen LogP contribution >= 0.6 is 97.1 Å². The second-order valence-corrected chi connectivity index (χ2v) is 33.8. The van der Waals surface area contributed by atoms with Crippen LogP contribution in [-0.2, 0) is 0 Å². The Bertz CT molecular complexity index is 6570. The van der Waals surface area contributed by atoms with E-state index < -0.39 is 18.1 Å². The first-order chi connectivity index (χ1) is 61.7. The molecule has 0 saturated carbocycles. The highest BCUT2D eigenvalue weighted by atomic mass is 79.9. The molecule has 20 rings (SSSR count). The van der Waals surface area contributed by atoms with Gasteiger partial charge in [0.2, 0.25) is 17.6 Å². The second kappa shape index (κ2) is 35.7. The quantitative estimate of drug-likeness (QED) is 0.0770. The Morgan fingerprint density at radius 2 is 0.586 bits per heavy atom. The van der Waals surface area contributed by atoms with Crippen LogP contribution in [0.2, 0.25) is 35.2 Å². The van der Waals surface area contributed by atoms with Crippen molar-refractivity contribution >= 4 is 155 Å². The van der Waals surface area contributed by atoms with E-state index in [1.165, 1.54) is 42.7 Å². The molecule has 0 radical (unpaired) electrons. The van der Waals surface area contributed by atoms with Crippen molar-refractivity contribution in [1.82, 2.24) is 96.1 Å². The van der Waals surface area contributed by atoms with Crippen LogP contribution in [0.25, 0.3) is 56.8 Å².